The summed E-state index contributed by atoms with van der Waals surface area (Å²) in [6, 6.07) is 4.31. The third kappa shape index (κ3) is 1.55. The van der Waals surface area contributed by atoms with Crippen molar-refractivity contribution in [3.05, 3.63) is 30.1 Å². The minimum atomic E-state index is 0.283. The SMILES string of the molecule is c1cc(C2(C3CCNCC3)COC2)ccn1. The van der Waals surface area contributed by atoms with E-state index in [-0.39, 0.29) is 5.41 Å². The van der Waals surface area contributed by atoms with Crippen LogP contribution in [-0.2, 0) is 10.2 Å². The summed E-state index contributed by atoms with van der Waals surface area (Å²) in [5.74, 6) is 0.768. The molecule has 0 unspecified atom stereocenters. The van der Waals surface area contributed by atoms with Crippen molar-refractivity contribution in [2.75, 3.05) is 26.3 Å². The number of nitrogens with zero attached hydrogens (tertiary/aromatic N) is 1. The molecule has 3 heteroatoms. The first-order valence-electron chi connectivity index (χ1n) is 6.11. The Labute approximate surface area is 96.2 Å². The van der Waals surface area contributed by atoms with Gasteiger partial charge in [0.2, 0.25) is 0 Å². The lowest BCUT2D eigenvalue weighted by Gasteiger charge is -2.49. The fraction of sp³-hybridized carbons (Fsp3) is 0.615. The molecule has 86 valence electrons. The Kier molecular flexibility index (Phi) is 2.65. The summed E-state index contributed by atoms with van der Waals surface area (Å²) in [4.78, 5) is 4.11. The van der Waals surface area contributed by atoms with Gasteiger partial charge < -0.3 is 10.1 Å². The zero-order chi connectivity index (χ0) is 10.8. The Balaban J connectivity index is 1.87. The predicted molar refractivity (Wildman–Crippen MR) is 62.3 cm³/mol. The van der Waals surface area contributed by atoms with Gasteiger partial charge >= 0.3 is 0 Å². The number of rotatable bonds is 2. The number of nitrogens with one attached hydrogen (secondary N) is 1. The van der Waals surface area contributed by atoms with Gasteiger partial charge in [0.15, 0.2) is 0 Å². The number of ether oxygens (including phenoxy) is 1. The molecule has 2 fully saturated rings. The quantitative estimate of drug-likeness (QED) is 0.813. The van der Waals surface area contributed by atoms with E-state index >= 15 is 0 Å². The minimum absolute atomic E-state index is 0.283. The minimum Gasteiger partial charge on any atom is -0.379 e. The van der Waals surface area contributed by atoms with Crippen LogP contribution in [0.1, 0.15) is 18.4 Å². The van der Waals surface area contributed by atoms with Crippen LogP contribution >= 0.6 is 0 Å². The molecule has 0 spiro atoms. The number of pyridine rings is 1. The largest absolute Gasteiger partial charge is 0.379 e. The second-order valence-electron chi connectivity index (χ2n) is 4.91. The highest BCUT2D eigenvalue weighted by molar-refractivity contribution is 5.27. The van der Waals surface area contributed by atoms with Crippen molar-refractivity contribution in [1.29, 1.82) is 0 Å². The van der Waals surface area contributed by atoms with E-state index in [4.69, 9.17) is 4.74 Å². The molecule has 1 N–H and O–H groups in total. The van der Waals surface area contributed by atoms with Crippen LogP contribution in [0.4, 0.5) is 0 Å². The molecule has 3 rings (SSSR count). The van der Waals surface area contributed by atoms with Crippen molar-refractivity contribution in [1.82, 2.24) is 10.3 Å². The van der Waals surface area contributed by atoms with E-state index < -0.39 is 0 Å². The lowest BCUT2D eigenvalue weighted by molar-refractivity contribution is -0.0964. The first-order chi connectivity index (χ1) is 7.92. The topological polar surface area (TPSA) is 34.1 Å². The zero-order valence-corrected chi connectivity index (χ0v) is 9.48. The van der Waals surface area contributed by atoms with Gasteiger partial charge in [-0.15, -0.1) is 0 Å². The van der Waals surface area contributed by atoms with E-state index in [0.717, 1.165) is 32.2 Å². The van der Waals surface area contributed by atoms with Gasteiger partial charge in [-0.2, -0.15) is 0 Å². The van der Waals surface area contributed by atoms with Crippen LogP contribution in [-0.4, -0.2) is 31.3 Å². The van der Waals surface area contributed by atoms with Crippen molar-refractivity contribution in [2.45, 2.75) is 18.3 Å². The van der Waals surface area contributed by atoms with E-state index in [9.17, 15) is 0 Å². The molecule has 3 nitrogen and oxygen atoms in total. The van der Waals surface area contributed by atoms with Crippen molar-refractivity contribution in [2.24, 2.45) is 5.92 Å². The Morgan fingerprint density at radius 1 is 1.19 bits per heavy atom. The third-order valence-electron chi connectivity index (χ3n) is 4.10. The van der Waals surface area contributed by atoms with E-state index in [1.807, 2.05) is 12.4 Å². The Bertz CT molecular complexity index is 342. The van der Waals surface area contributed by atoms with Crippen LogP contribution in [0.2, 0.25) is 0 Å². The highest BCUT2D eigenvalue weighted by Gasteiger charge is 2.46. The summed E-state index contributed by atoms with van der Waals surface area (Å²) in [6.07, 6.45) is 6.34. The molecule has 0 aromatic carbocycles. The number of aromatic nitrogens is 1. The third-order valence-corrected chi connectivity index (χ3v) is 4.10. The molecule has 2 aliphatic rings. The first-order valence-corrected chi connectivity index (χ1v) is 6.11. The van der Waals surface area contributed by atoms with Crippen molar-refractivity contribution in [3.8, 4) is 0 Å². The molecule has 3 heterocycles. The highest BCUT2D eigenvalue weighted by atomic mass is 16.5. The van der Waals surface area contributed by atoms with E-state index in [1.165, 1.54) is 18.4 Å². The summed E-state index contributed by atoms with van der Waals surface area (Å²) in [5, 5.41) is 3.43. The molecule has 16 heavy (non-hydrogen) atoms. The monoisotopic (exact) mass is 218 g/mol. The molecule has 2 aliphatic heterocycles. The maximum Gasteiger partial charge on any atom is 0.0588 e. The molecular weight excluding hydrogens is 200 g/mol. The average Bonchev–Trinajstić information content (AvgIpc) is 2.31. The van der Waals surface area contributed by atoms with Crippen LogP contribution in [0, 0.1) is 5.92 Å². The van der Waals surface area contributed by atoms with Gasteiger partial charge in [-0.25, -0.2) is 0 Å². The summed E-state index contributed by atoms with van der Waals surface area (Å²) >= 11 is 0. The second-order valence-corrected chi connectivity index (χ2v) is 4.91. The number of hydrogen-bond acceptors (Lipinski definition) is 3. The summed E-state index contributed by atoms with van der Waals surface area (Å²) in [6.45, 7) is 4.08. The second kappa shape index (κ2) is 4.15. The predicted octanol–water partition coefficient (Wildman–Crippen LogP) is 1.35. The van der Waals surface area contributed by atoms with Gasteiger partial charge in [0.1, 0.15) is 0 Å². The van der Waals surface area contributed by atoms with Gasteiger partial charge in [0.05, 0.1) is 13.2 Å². The van der Waals surface area contributed by atoms with Gasteiger partial charge in [0, 0.05) is 17.8 Å². The molecule has 1 aromatic rings. The smallest absolute Gasteiger partial charge is 0.0588 e. The molecule has 2 saturated heterocycles. The molecule has 0 radical (unpaired) electrons. The number of hydrogen-bond donors (Lipinski definition) is 1. The summed E-state index contributed by atoms with van der Waals surface area (Å²) in [5.41, 5.74) is 1.70. The normalized spacial score (nSPS) is 25.0. The molecule has 0 amide bonds. The van der Waals surface area contributed by atoms with Gasteiger partial charge in [0.25, 0.3) is 0 Å². The van der Waals surface area contributed by atoms with Crippen LogP contribution < -0.4 is 5.32 Å². The van der Waals surface area contributed by atoms with Crippen LogP contribution in [0.25, 0.3) is 0 Å². The van der Waals surface area contributed by atoms with Gasteiger partial charge in [-0.1, -0.05) is 0 Å². The first kappa shape index (κ1) is 10.2. The lowest BCUT2D eigenvalue weighted by atomic mass is 9.65. The number of piperidine rings is 1. The van der Waals surface area contributed by atoms with Gasteiger partial charge in [-0.05, 0) is 49.5 Å². The van der Waals surface area contributed by atoms with Crippen LogP contribution in [0.3, 0.4) is 0 Å². The Morgan fingerprint density at radius 3 is 2.44 bits per heavy atom. The summed E-state index contributed by atoms with van der Waals surface area (Å²) < 4.78 is 5.51. The standard InChI is InChI=1S/C13H18N2O/c1-5-14-6-2-11(1)13(9-16-10-13)12-3-7-15-8-4-12/h1-2,5-6,12,15H,3-4,7-10H2. The van der Waals surface area contributed by atoms with Gasteiger partial charge in [-0.3, -0.25) is 4.98 Å². The van der Waals surface area contributed by atoms with Crippen LogP contribution in [0.5, 0.6) is 0 Å². The summed E-state index contributed by atoms with van der Waals surface area (Å²) in [7, 11) is 0. The zero-order valence-electron chi connectivity index (χ0n) is 9.48. The highest BCUT2D eigenvalue weighted by Crippen LogP contribution is 2.43. The molecular formula is C13H18N2O. The van der Waals surface area contributed by atoms with E-state index in [0.29, 0.717) is 0 Å². The average molecular weight is 218 g/mol. The Morgan fingerprint density at radius 2 is 1.88 bits per heavy atom. The fourth-order valence-electron chi connectivity index (χ4n) is 3.02. The van der Waals surface area contributed by atoms with Crippen molar-refractivity contribution >= 4 is 0 Å². The molecule has 0 saturated carbocycles. The van der Waals surface area contributed by atoms with Crippen LogP contribution in [0.15, 0.2) is 24.5 Å². The maximum atomic E-state index is 5.51. The molecule has 1 aromatic heterocycles. The fourth-order valence-corrected chi connectivity index (χ4v) is 3.02. The van der Waals surface area contributed by atoms with Crippen molar-refractivity contribution < 1.29 is 4.74 Å². The van der Waals surface area contributed by atoms with Crippen molar-refractivity contribution in [3.63, 3.8) is 0 Å². The van der Waals surface area contributed by atoms with E-state index in [1.54, 1.807) is 0 Å². The molecule has 0 aliphatic carbocycles. The molecule has 0 bridgehead atoms. The maximum absolute atomic E-state index is 5.51. The molecule has 0 atom stereocenters. The Hall–Kier alpha value is -0.930. The van der Waals surface area contributed by atoms with E-state index in [2.05, 4.69) is 22.4 Å². The lowest BCUT2D eigenvalue weighted by Crippen LogP contribution is -2.54.